The predicted octanol–water partition coefficient (Wildman–Crippen LogP) is 1.69. The van der Waals surface area contributed by atoms with Gasteiger partial charge in [-0.05, 0) is 27.2 Å². The lowest BCUT2D eigenvalue weighted by molar-refractivity contribution is -0.128. The fourth-order valence-corrected chi connectivity index (χ4v) is 2.03. The van der Waals surface area contributed by atoms with Gasteiger partial charge in [0, 0.05) is 13.5 Å². The molecule has 5 heteroatoms. The van der Waals surface area contributed by atoms with Crippen LogP contribution in [0.3, 0.4) is 0 Å². The number of likely N-dealkylation sites (tertiary alicyclic amines) is 1. The second-order valence-corrected chi connectivity index (χ2v) is 5.55. The molecule has 0 aliphatic carbocycles. The van der Waals surface area contributed by atoms with E-state index < -0.39 is 11.7 Å². The van der Waals surface area contributed by atoms with Gasteiger partial charge in [-0.25, -0.2) is 4.79 Å². The number of alkyl carbamates (subject to hydrolysis) is 1. The van der Waals surface area contributed by atoms with Gasteiger partial charge in [0.25, 0.3) is 0 Å². The van der Waals surface area contributed by atoms with Crippen molar-refractivity contribution >= 4 is 12.0 Å². The van der Waals surface area contributed by atoms with E-state index in [2.05, 4.69) is 11.9 Å². The lowest BCUT2D eigenvalue weighted by Gasteiger charge is -2.22. The highest BCUT2D eigenvalue weighted by Gasteiger charge is 2.33. The van der Waals surface area contributed by atoms with E-state index in [0.717, 1.165) is 0 Å². The van der Waals surface area contributed by atoms with Crippen LogP contribution in [-0.2, 0) is 9.53 Å². The van der Waals surface area contributed by atoms with E-state index in [4.69, 9.17) is 4.74 Å². The van der Waals surface area contributed by atoms with Crippen LogP contribution in [0.1, 0.15) is 34.1 Å². The summed E-state index contributed by atoms with van der Waals surface area (Å²) >= 11 is 0. The zero-order chi connectivity index (χ0) is 13.9. The maximum absolute atomic E-state index is 11.6. The Kier molecular flexibility index (Phi) is 4.38. The summed E-state index contributed by atoms with van der Waals surface area (Å²) < 4.78 is 5.18. The molecule has 1 rings (SSSR count). The summed E-state index contributed by atoms with van der Waals surface area (Å²) in [5.74, 6) is -0.00612. The number of nitrogens with zero attached hydrogens (tertiary/aromatic N) is 1. The standard InChI is InChI=1S/C13H22N2O3/c1-6-11-7-10(8-15(11)9(2)16)14-12(17)18-13(3,4)5/h6,10-11H,1,7-8H2,2-5H3,(H,14,17)/t10-,11+/m0/s1. The molecule has 0 aromatic heterocycles. The van der Waals surface area contributed by atoms with Gasteiger partial charge in [-0.3, -0.25) is 4.79 Å². The molecule has 2 atom stereocenters. The number of hydrogen-bond donors (Lipinski definition) is 1. The smallest absolute Gasteiger partial charge is 0.407 e. The minimum Gasteiger partial charge on any atom is -0.444 e. The molecule has 2 amide bonds. The summed E-state index contributed by atoms with van der Waals surface area (Å²) in [6.45, 7) is 11.2. The summed E-state index contributed by atoms with van der Waals surface area (Å²) in [5, 5.41) is 2.78. The van der Waals surface area contributed by atoms with Gasteiger partial charge in [0.15, 0.2) is 0 Å². The third kappa shape index (κ3) is 4.05. The van der Waals surface area contributed by atoms with Gasteiger partial charge in [0.2, 0.25) is 5.91 Å². The highest BCUT2D eigenvalue weighted by Crippen LogP contribution is 2.19. The molecule has 0 spiro atoms. The first-order chi connectivity index (χ1) is 8.23. The van der Waals surface area contributed by atoms with Gasteiger partial charge in [0.1, 0.15) is 5.60 Å². The Balaban J connectivity index is 2.53. The van der Waals surface area contributed by atoms with E-state index in [1.807, 2.05) is 20.8 Å². The maximum atomic E-state index is 11.6. The van der Waals surface area contributed by atoms with Gasteiger partial charge in [-0.15, -0.1) is 6.58 Å². The molecule has 0 unspecified atom stereocenters. The normalized spacial score (nSPS) is 23.7. The highest BCUT2D eigenvalue weighted by atomic mass is 16.6. The Morgan fingerprint density at radius 2 is 2.06 bits per heavy atom. The molecule has 0 aromatic rings. The van der Waals surface area contributed by atoms with Crippen molar-refractivity contribution in [3.05, 3.63) is 12.7 Å². The molecule has 5 nitrogen and oxygen atoms in total. The van der Waals surface area contributed by atoms with Crippen molar-refractivity contribution in [1.29, 1.82) is 0 Å². The molecular formula is C13H22N2O3. The van der Waals surface area contributed by atoms with Crippen molar-refractivity contribution in [2.24, 2.45) is 0 Å². The van der Waals surface area contributed by atoms with Crippen LogP contribution < -0.4 is 5.32 Å². The van der Waals surface area contributed by atoms with Crippen LogP contribution in [0.2, 0.25) is 0 Å². The van der Waals surface area contributed by atoms with E-state index in [9.17, 15) is 9.59 Å². The molecule has 0 bridgehead atoms. The average Bonchev–Trinajstić information content (AvgIpc) is 2.57. The van der Waals surface area contributed by atoms with Crippen molar-refractivity contribution < 1.29 is 14.3 Å². The maximum Gasteiger partial charge on any atom is 0.407 e. The van der Waals surface area contributed by atoms with Gasteiger partial charge in [0.05, 0.1) is 12.1 Å². The number of rotatable bonds is 2. The summed E-state index contributed by atoms with van der Waals surface area (Å²) in [4.78, 5) is 24.7. The Morgan fingerprint density at radius 3 is 2.44 bits per heavy atom. The zero-order valence-electron chi connectivity index (χ0n) is 11.5. The molecular weight excluding hydrogens is 232 g/mol. The van der Waals surface area contributed by atoms with Crippen LogP contribution in [0.15, 0.2) is 12.7 Å². The SMILES string of the molecule is C=C[C@@H]1C[C@H](NC(=O)OC(C)(C)C)CN1C(C)=O. The average molecular weight is 254 g/mol. The third-order valence-corrected chi connectivity index (χ3v) is 2.74. The van der Waals surface area contributed by atoms with Crippen molar-refractivity contribution in [3.8, 4) is 0 Å². The van der Waals surface area contributed by atoms with Crippen molar-refractivity contribution in [1.82, 2.24) is 10.2 Å². The first kappa shape index (κ1) is 14.5. The Hall–Kier alpha value is -1.52. The van der Waals surface area contributed by atoms with Crippen LogP contribution in [0.25, 0.3) is 0 Å². The van der Waals surface area contributed by atoms with Crippen molar-refractivity contribution in [2.45, 2.75) is 51.8 Å². The Morgan fingerprint density at radius 1 is 1.44 bits per heavy atom. The Labute approximate surface area is 108 Å². The summed E-state index contributed by atoms with van der Waals surface area (Å²) in [6, 6.07) is -0.0887. The molecule has 18 heavy (non-hydrogen) atoms. The van der Waals surface area contributed by atoms with Crippen molar-refractivity contribution in [2.75, 3.05) is 6.54 Å². The minimum atomic E-state index is -0.513. The molecule has 1 aliphatic rings. The van der Waals surface area contributed by atoms with Gasteiger partial charge in [-0.1, -0.05) is 6.08 Å². The number of amides is 2. The first-order valence-corrected chi connectivity index (χ1v) is 6.12. The monoisotopic (exact) mass is 254 g/mol. The molecule has 102 valence electrons. The quantitative estimate of drug-likeness (QED) is 0.763. The molecule has 0 radical (unpaired) electrons. The number of hydrogen-bond acceptors (Lipinski definition) is 3. The van der Waals surface area contributed by atoms with Gasteiger partial charge >= 0.3 is 6.09 Å². The number of carbonyl (C=O) groups excluding carboxylic acids is 2. The highest BCUT2D eigenvalue weighted by molar-refractivity contribution is 5.75. The molecule has 1 saturated heterocycles. The molecule has 1 heterocycles. The molecule has 1 aliphatic heterocycles. The van der Waals surface area contributed by atoms with E-state index in [1.165, 1.54) is 6.92 Å². The number of nitrogens with one attached hydrogen (secondary N) is 1. The number of carbonyl (C=O) groups is 2. The summed E-state index contributed by atoms with van der Waals surface area (Å²) in [6.07, 6.45) is 1.97. The Bertz CT molecular complexity index is 347. The zero-order valence-corrected chi connectivity index (χ0v) is 11.5. The van der Waals surface area contributed by atoms with Crippen molar-refractivity contribution in [3.63, 3.8) is 0 Å². The van der Waals surface area contributed by atoms with Crippen LogP contribution in [0, 0.1) is 0 Å². The second-order valence-electron chi connectivity index (χ2n) is 5.55. The van der Waals surface area contributed by atoms with E-state index in [-0.39, 0.29) is 18.0 Å². The number of ether oxygens (including phenoxy) is 1. The lowest BCUT2D eigenvalue weighted by atomic mass is 10.1. The predicted molar refractivity (Wildman–Crippen MR) is 69.1 cm³/mol. The van der Waals surface area contributed by atoms with E-state index in [0.29, 0.717) is 13.0 Å². The first-order valence-electron chi connectivity index (χ1n) is 6.12. The largest absolute Gasteiger partial charge is 0.444 e. The van der Waals surface area contributed by atoms with Crippen LogP contribution in [0.4, 0.5) is 4.79 Å². The van der Waals surface area contributed by atoms with Crippen LogP contribution in [0.5, 0.6) is 0 Å². The molecule has 1 fully saturated rings. The minimum absolute atomic E-state index is 0.00612. The van der Waals surface area contributed by atoms with E-state index >= 15 is 0 Å². The third-order valence-electron chi connectivity index (χ3n) is 2.74. The molecule has 1 N–H and O–H groups in total. The summed E-state index contributed by atoms with van der Waals surface area (Å²) in [5.41, 5.74) is -0.513. The topological polar surface area (TPSA) is 58.6 Å². The molecule has 0 aromatic carbocycles. The van der Waals surface area contributed by atoms with E-state index in [1.54, 1.807) is 11.0 Å². The van der Waals surface area contributed by atoms with Crippen LogP contribution in [-0.4, -0.2) is 41.1 Å². The van der Waals surface area contributed by atoms with Gasteiger partial charge in [-0.2, -0.15) is 0 Å². The summed E-state index contributed by atoms with van der Waals surface area (Å²) in [7, 11) is 0. The fraction of sp³-hybridized carbons (Fsp3) is 0.692. The fourth-order valence-electron chi connectivity index (χ4n) is 2.03. The second kappa shape index (κ2) is 5.42. The van der Waals surface area contributed by atoms with Gasteiger partial charge < -0.3 is 15.0 Å². The lowest BCUT2D eigenvalue weighted by Crippen LogP contribution is -2.41. The van der Waals surface area contributed by atoms with Crippen LogP contribution >= 0.6 is 0 Å². The molecule has 0 saturated carbocycles.